The molecule has 2 aliphatic heterocycles. The molecule has 94 heavy (non-hydrogen) atoms. The lowest BCUT2D eigenvalue weighted by Crippen LogP contribution is -2.59. The zero-order valence-corrected chi connectivity index (χ0v) is 55.6. The first kappa shape index (κ1) is 87.2. The minimum atomic E-state index is -2.16. The molecular formula is C69H122O25. The Hall–Kier alpha value is -2.85. The molecule has 2 saturated heterocycles. The first-order valence-corrected chi connectivity index (χ1v) is 34.1. The molecule has 0 bridgehead atoms. The average Bonchev–Trinajstić information content (AvgIpc) is 0.818. The molecule has 27 unspecified atom stereocenters. The number of aliphatic hydroxyl groups excluding tert-OH is 22. The Kier molecular flexibility index (Phi) is 43.8. The van der Waals surface area contributed by atoms with E-state index in [0.717, 1.165) is 51.0 Å². The molecule has 0 aliphatic carbocycles. The Morgan fingerprint density at radius 3 is 1.65 bits per heavy atom. The zero-order chi connectivity index (χ0) is 70.8. The van der Waals surface area contributed by atoms with E-state index < -0.39 is 165 Å². The van der Waals surface area contributed by atoms with E-state index in [0.29, 0.717) is 38.5 Å². The van der Waals surface area contributed by atoms with E-state index in [-0.39, 0.29) is 80.8 Å². The maximum Gasteiger partial charge on any atom is 0.157 e. The van der Waals surface area contributed by atoms with Gasteiger partial charge in [0.2, 0.25) is 0 Å². The van der Waals surface area contributed by atoms with Crippen LogP contribution in [0.15, 0.2) is 72.9 Å². The molecule has 0 aromatic rings. The van der Waals surface area contributed by atoms with Crippen molar-refractivity contribution in [3.8, 4) is 0 Å². The number of hydrogen-bond acceptors (Lipinski definition) is 25. The molecule has 0 amide bonds. The number of aliphatic hydroxyl groups is 22. The second-order valence-electron chi connectivity index (χ2n) is 26.7. The number of ether oxygens (including phenoxy) is 2. The van der Waals surface area contributed by atoms with Crippen LogP contribution in [0.4, 0.5) is 0 Å². The number of hydrogen-bond donors (Lipinski definition) is 22. The highest BCUT2D eigenvalue weighted by Crippen LogP contribution is 2.32. The van der Waals surface area contributed by atoms with Crippen LogP contribution in [0.1, 0.15) is 181 Å². The fourth-order valence-corrected chi connectivity index (χ4v) is 11.9. The standard InChI is InChI=1S/C69H122O25/c1-6-7-8-9-10-11-12-13-14-15-16-21-28-49(76)61(86)68-64(89)55(82)38-57(94-68)65(90)58(83)42(4)29-30-48(75)56-37-54(81)63(88)69(93-56)62(87)52(79)33-41(3)31-47(74)36-53(80)60(85)67(92)66(91)59(84)43(5)34-51(78)50(77)32-40(2)24-22-23-26-45(72)35-44(71)25-19-17-18-20-27-46(73)39-70/h6,19,21-22,24-25,28,33,40,43,45-70,72-92H,1,4,7-18,20,23,26-27,29-32,34-39H2,2-3,5H3. The van der Waals surface area contributed by atoms with Gasteiger partial charge in [-0.15, -0.1) is 6.58 Å². The van der Waals surface area contributed by atoms with Crippen LogP contribution >= 0.6 is 0 Å². The molecule has 25 nitrogen and oxygen atoms in total. The Bertz CT molecular complexity index is 2170. The molecule has 22 N–H and O–H groups in total. The Morgan fingerprint density at radius 1 is 0.521 bits per heavy atom. The van der Waals surface area contributed by atoms with Gasteiger partial charge in [-0.2, -0.15) is 0 Å². The summed E-state index contributed by atoms with van der Waals surface area (Å²) in [5, 5.41) is 235. The fraction of sp³-hybridized carbons (Fsp3) is 0.812. The third kappa shape index (κ3) is 32.4. The highest BCUT2D eigenvalue weighted by Gasteiger charge is 2.47. The van der Waals surface area contributed by atoms with Gasteiger partial charge in [-0.1, -0.05) is 113 Å². The SMILES string of the molecule is C=CCCCCCCCCCCC=CC(O)C(O)C1OC(C(O)C(O)C(=C)CCC(O)C2CC(O)C(O)C(C(O)C(O)C=C(C)CC(O)CC(O)C(O)C(O)C(O)C(O)C(C)CC(O)C(O)CC(C)C=CCCC(O)CC(=O)C=CCCCCC(O)CO)O2)CC(O)C1O. The predicted molar refractivity (Wildman–Crippen MR) is 350 cm³/mol. The summed E-state index contributed by atoms with van der Waals surface area (Å²) in [5.74, 6) is -1.43. The minimum absolute atomic E-state index is 0.0170. The Balaban J connectivity index is 1.85. The quantitative estimate of drug-likeness (QED) is 0.0217. The van der Waals surface area contributed by atoms with Crippen molar-refractivity contribution in [1.29, 1.82) is 0 Å². The maximum absolute atomic E-state index is 12.2. The van der Waals surface area contributed by atoms with Gasteiger partial charge in [0.05, 0.1) is 79.9 Å². The van der Waals surface area contributed by atoms with Crippen LogP contribution in [0.2, 0.25) is 0 Å². The first-order valence-electron chi connectivity index (χ1n) is 34.1. The monoisotopic (exact) mass is 1350 g/mol. The van der Waals surface area contributed by atoms with E-state index in [1.54, 1.807) is 31.2 Å². The van der Waals surface area contributed by atoms with Gasteiger partial charge in [0.15, 0.2) is 5.78 Å². The molecule has 2 aliphatic rings. The van der Waals surface area contributed by atoms with E-state index in [1.165, 1.54) is 45.3 Å². The van der Waals surface area contributed by atoms with Crippen molar-refractivity contribution in [3.63, 3.8) is 0 Å². The average molecular weight is 1350 g/mol. The molecule has 25 heteroatoms. The number of unbranched alkanes of at least 4 members (excludes halogenated alkanes) is 11. The predicted octanol–water partition coefficient (Wildman–Crippen LogP) is 0.0433. The summed E-state index contributed by atoms with van der Waals surface area (Å²) in [6.45, 7) is 11.9. The van der Waals surface area contributed by atoms with Gasteiger partial charge < -0.3 is 122 Å². The number of ketones is 1. The highest BCUT2D eigenvalue weighted by atomic mass is 16.6. The number of rotatable bonds is 51. The van der Waals surface area contributed by atoms with E-state index in [1.807, 2.05) is 6.08 Å². The third-order valence-electron chi connectivity index (χ3n) is 18.1. The lowest BCUT2D eigenvalue weighted by atomic mass is 9.86. The first-order chi connectivity index (χ1) is 44.4. The van der Waals surface area contributed by atoms with Crippen molar-refractivity contribution in [2.45, 2.75) is 334 Å². The smallest absolute Gasteiger partial charge is 0.157 e. The summed E-state index contributed by atoms with van der Waals surface area (Å²) >= 11 is 0. The fourth-order valence-electron chi connectivity index (χ4n) is 11.9. The molecule has 0 radical (unpaired) electrons. The molecule has 2 fully saturated rings. The highest BCUT2D eigenvalue weighted by molar-refractivity contribution is 5.89. The summed E-state index contributed by atoms with van der Waals surface area (Å²) in [4.78, 5) is 12.2. The normalized spacial score (nSPS) is 27.1. The van der Waals surface area contributed by atoms with Crippen LogP contribution < -0.4 is 0 Å². The Morgan fingerprint density at radius 2 is 1.04 bits per heavy atom. The number of carbonyl (C=O) groups is 1. The van der Waals surface area contributed by atoms with Gasteiger partial charge in [-0.3, -0.25) is 4.79 Å². The van der Waals surface area contributed by atoms with Crippen molar-refractivity contribution in [3.05, 3.63) is 72.9 Å². The molecule has 0 aromatic heterocycles. The summed E-state index contributed by atoms with van der Waals surface area (Å²) in [6.07, 6.45) is -15.6. The lowest BCUT2D eigenvalue weighted by Gasteiger charge is -2.42. The molecule has 0 saturated carbocycles. The van der Waals surface area contributed by atoms with Crippen LogP contribution in [0, 0.1) is 11.8 Å². The van der Waals surface area contributed by atoms with E-state index in [9.17, 15) is 112 Å². The molecule has 2 rings (SSSR count). The van der Waals surface area contributed by atoms with E-state index in [4.69, 9.17) is 14.6 Å². The summed E-state index contributed by atoms with van der Waals surface area (Å²) < 4.78 is 11.6. The van der Waals surface area contributed by atoms with Crippen LogP contribution in [-0.4, -0.2) is 277 Å². The van der Waals surface area contributed by atoms with Gasteiger partial charge in [0.1, 0.15) is 79.4 Å². The molecule has 27 atom stereocenters. The van der Waals surface area contributed by atoms with Crippen molar-refractivity contribution < 1.29 is 127 Å². The van der Waals surface area contributed by atoms with Crippen LogP contribution in [-0.2, 0) is 14.3 Å². The summed E-state index contributed by atoms with van der Waals surface area (Å²) in [6, 6.07) is 0. The van der Waals surface area contributed by atoms with Gasteiger partial charge in [0.25, 0.3) is 0 Å². The van der Waals surface area contributed by atoms with Gasteiger partial charge in [-0.25, -0.2) is 0 Å². The largest absolute Gasteiger partial charge is 0.394 e. The van der Waals surface area contributed by atoms with Crippen molar-refractivity contribution in [1.82, 2.24) is 0 Å². The maximum atomic E-state index is 12.2. The number of allylic oxidation sites excluding steroid dienone is 6. The number of carbonyl (C=O) groups excluding carboxylic acids is 1. The summed E-state index contributed by atoms with van der Waals surface area (Å²) in [7, 11) is 0. The molecule has 548 valence electrons. The molecular weight excluding hydrogens is 1230 g/mol. The van der Waals surface area contributed by atoms with Crippen molar-refractivity contribution in [2.75, 3.05) is 6.61 Å². The van der Waals surface area contributed by atoms with Gasteiger partial charge >= 0.3 is 0 Å². The second kappa shape index (κ2) is 47.2. The second-order valence-corrected chi connectivity index (χ2v) is 26.7. The van der Waals surface area contributed by atoms with Crippen LogP contribution in [0.25, 0.3) is 0 Å². The zero-order valence-electron chi connectivity index (χ0n) is 55.6. The lowest BCUT2D eigenvalue weighted by molar-refractivity contribution is -0.234. The molecule has 0 spiro atoms. The van der Waals surface area contributed by atoms with Gasteiger partial charge in [-0.05, 0) is 120 Å². The summed E-state index contributed by atoms with van der Waals surface area (Å²) in [5.41, 5.74) is 0.191. The molecule has 0 aromatic carbocycles. The van der Waals surface area contributed by atoms with E-state index >= 15 is 0 Å². The molecule has 2 heterocycles. The Labute approximate surface area is 555 Å². The van der Waals surface area contributed by atoms with Crippen molar-refractivity contribution in [2.24, 2.45) is 11.8 Å². The van der Waals surface area contributed by atoms with Crippen LogP contribution in [0.3, 0.4) is 0 Å². The third-order valence-corrected chi connectivity index (χ3v) is 18.1. The topological polar surface area (TPSA) is 481 Å². The van der Waals surface area contributed by atoms with Crippen LogP contribution in [0.5, 0.6) is 0 Å². The van der Waals surface area contributed by atoms with Crippen molar-refractivity contribution >= 4 is 5.78 Å². The minimum Gasteiger partial charge on any atom is -0.394 e. The van der Waals surface area contributed by atoms with E-state index in [2.05, 4.69) is 13.2 Å². The van der Waals surface area contributed by atoms with Gasteiger partial charge in [0, 0.05) is 25.7 Å².